The first kappa shape index (κ1) is 12.7. The predicted molar refractivity (Wildman–Crippen MR) is 72.3 cm³/mol. The number of fused-ring (bicyclic) bond motifs is 1. The van der Waals surface area contributed by atoms with Crippen molar-refractivity contribution in [1.29, 1.82) is 0 Å². The number of H-pyrrole nitrogens is 1. The van der Waals surface area contributed by atoms with Crippen LogP contribution in [0.25, 0.3) is 10.9 Å². The van der Waals surface area contributed by atoms with Gasteiger partial charge in [0.1, 0.15) is 0 Å². The lowest BCUT2D eigenvalue weighted by atomic mass is 10.1. The van der Waals surface area contributed by atoms with E-state index in [4.69, 9.17) is 5.11 Å². The lowest BCUT2D eigenvalue weighted by Gasteiger charge is -2.16. The molecule has 20 heavy (non-hydrogen) atoms. The number of hydrogen-bond acceptors (Lipinski definition) is 3. The van der Waals surface area contributed by atoms with Gasteiger partial charge in [-0.05, 0) is 30.9 Å². The number of carboxylic acids is 1. The van der Waals surface area contributed by atoms with Gasteiger partial charge in [0.25, 0.3) is 5.91 Å². The molecule has 0 bridgehead atoms. The zero-order valence-electron chi connectivity index (χ0n) is 10.8. The van der Waals surface area contributed by atoms with Crippen LogP contribution in [0.5, 0.6) is 0 Å². The minimum absolute atomic E-state index is 0.0251. The summed E-state index contributed by atoms with van der Waals surface area (Å²) in [6.07, 6.45) is 3.63. The van der Waals surface area contributed by atoms with Crippen LogP contribution in [-0.4, -0.2) is 33.2 Å². The Morgan fingerprint density at radius 2 is 2.25 bits per heavy atom. The second kappa shape index (κ2) is 4.96. The number of hydrogen-bond donors (Lipinski definition) is 3. The summed E-state index contributed by atoms with van der Waals surface area (Å²) in [5.74, 6) is -0.822. The van der Waals surface area contributed by atoms with Crippen molar-refractivity contribution in [3.05, 3.63) is 30.0 Å². The number of aromatic nitrogens is 2. The Kier molecular flexibility index (Phi) is 3.14. The van der Waals surface area contributed by atoms with Crippen LogP contribution in [0, 0.1) is 5.92 Å². The third-order valence-corrected chi connectivity index (χ3v) is 3.61. The van der Waals surface area contributed by atoms with E-state index in [0.717, 1.165) is 23.7 Å². The van der Waals surface area contributed by atoms with Crippen LogP contribution in [0.3, 0.4) is 0 Å². The Bertz CT molecular complexity index is 660. The number of aliphatic carboxylic acids is 1. The van der Waals surface area contributed by atoms with Gasteiger partial charge in [-0.25, -0.2) is 0 Å². The zero-order chi connectivity index (χ0) is 14.1. The number of aromatic amines is 1. The van der Waals surface area contributed by atoms with E-state index in [0.29, 0.717) is 11.5 Å². The average Bonchev–Trinajstić information content (AvgIpc) is 3.15. The van der Waals surface area contributed by atoms with Crippen LogP contribution in [0.15, 0.2) is 24.4 Å². The Morgan fingerprint density at radius 3 is 2.95 bits per heavy atom. The lowest BCUT2D eigenvalue weighted by molar-refractivity contribution is -0.137. The molecular weight excluding hydrogens is 258 g/mol. The van der Waals surface area contributed by atoms with E-state index < -0.39 is 5.97 Å². The van der Waals surface area contributed by atoms with Gasteiger partial charge in [-0.3, -0.25) is 14.7 Å². The minimum atomic E-state index is -0.883. The van der Waals surface area contributed by atoms with Gasteiger partial charge in [-0.2, -0.15) is 5.10 Å². The van der Waals surface area contributed by atoms with Crippen molar-refractivity contribution >= 4 is 22.8 Å². The molecule has 0 aliphatic heterocycles. The van der Waals surface area contributed by atoms with Crippen molar-refractivity contribution in [1.82, 2.24) is 15.5 Å². The van der Waals surface area contributed by atoms with E-state index in [-0.39, 0.29) is 18.4 Å². The second-order valence-corrected chi connectivity index (χ2v) is 5.19. The van der Waals surface area contributed by atoms with Crippen molar-refractivity contribution in [3.8, 4) is 0 Å². The first-order chi connectivity index (χ1) is 9.63. The van der Waals surface area contributed by atoms with Gasteiger partial charge in [-0.15, -0.1) is 0 Å². The van der Waals surface area contributed by atoms with Crippen LogP contribution in [0.2, 0.25) is 0 Å². The number of benzene rings is 1. The third kappa shape index (κ3) is 2.64. The zero-order valence-corrected chi connectivity index (χ0v) is 10.8. The average molecular weight is 273 g/mol. The van der Waals surface area contributed by atoms with Crippen molar-refractivity contribution in [2.45, 2.75) is 25.3 Å². The maximum atomic E-state index is 12.2. The van der Waals surface area contributed by atoms with Crippen LogP contribution in [0.4, 0.5) is 0 Å². The van der Waals surface area contributed by atoms with Gasteiger partial charge < -0.3 is 10.4 Å². The van der Waals surface area contributed by atoms with E-state index in [1.54, 1.807) is 18.3 Å². The SMILES string of the molecule is O=C(O)CC(NC(=O)c1ccc2cn[nH]c2c1)C1CC1. The molecule has 6 nitrogen and oxygen atoms in total. The van der Waals surface area contributed by atoms with E-state index >= 15 is 0 Å². The second-order valence-electron chi connectivity index (χ2n) is 5.19. The van der Waals surface area contributed by atoms with Crippen LogP contribution in [0.1, 0.15) is 29.6 Å². The molecule has 1 aromatic carbocycles. The molecule has 0 spiro atoms. The van der Waals surface area contributed by atoms with Crippen LogP contribution < -0.4 is 5.32 Å². The van der Waals surface area contributed by atoms with Crippen LogP contribution >= 0.6 is 0 Å². The van der Waals surface area contributed by atoms with Crippen molar-refractivity contribution < 1.29 is 14.7 Å². The molecule has 0 radical (unpaired) electrons. The molecule has 1 aliphatic carbocycles. The van der Waals surface area contributed by atoms with E-state index in [1.165, 1.54) is 0 Å². The van der Waals surface area contributed by atoms with Gasteiger partial charge in [-0.1, -0.05) is 6.07 Å². The summed E-state index contributed by atoms with van der Waals surface area (Å²) in [7, 11) is 0. The largest absolute Gasteiger partial charge is 0.481 e. The standard InChI is InChI=1S/C14H15N3O3/c18-13(19)6-11(8-1-2-8)16-14(20)9-3-4-10-7-15-17-12(10)5-9/h3-5,7-8,11H,1-2,6H2,(H,15,17)(H,16,20)(H,18,19). The number of nitrogens with one attached hydrogen (secondary N) is 2. The molecule has 104 valence electrons. The van der Waals surface area contributed by atoms with Gasteiger partial charge in [0.15, 0.2) is 0 Å². The molecule has 1 aromatic heterocycles. The van der Waals surface area contributed by atoms with Crippen LogP contribution in [-0.2, 0) is 4.79 Å². The molecular formula is C14H15N3O3. The fourth-order valence-corrected chi connectivity index (χ4v) is 2.35. The highest BCUT2D eigenvalue weighted by Gasteiger charge is 2.33. The van der Waals surface area contributed by atoms with Crippen molar-refractivity contribution in [3.63, 3.8) is 0 Å². The number of rotatable bonds is 5. The van der Waals surface area contributed by atoms with Gasteiger partial charge in [0, 0.05) is 17.0 Å². The Hall–Kier alpha value is -2.37. The Labute approximate surface area is 115 Å². The van der Waals surface area contributed by atoms with E-state index in [1.807, 2.05) is 6.07 Å². The molecule has 1 heterocycles. The van der Waals surface area contributed by atoms with Crippen molar-refractivity contribution in [2.75, 3.05) is 0 Å². The van der Waals surface area contributed by atoms with Gasteiger partial charge in [0.2, 0.25) is 0 Å². The predicted octanol–water partition coefficient (Wildman–Crippen LogP) is 1.55. The highest BCUT2D eigenvalue weighted by molar-refractivity contribution is 5.98. The highest BCUT2D eigenvalue weighted by Crippen LogP contribution is 2.34. The summed E-state index contributed by atoms with van der Waals surface area (Å²) >= 11 is 0. The maximum Gasteiger partial charge on any atom is 0.305 e. The summed E-state index contributed by atoms with van der Waals surface area (Å²) in [6, 6.07) is 4.98. The fourth-order valence-electron chi connectivity index (χ4n) is 2.35. The molecule has 1 unspecified atom stereocenters. The highest BCUT2D eigenvalue weighted by atomic mass is 16.4. The quantitative estimate of drug-likeness (QED) is 0.770. The number of carbonyl (C=O) groups is 2. The number of amides is 1. The number of carbonyl (C=O) groups excluding carboxylic acids is 1. The molecule has 2 aromatic rings. The molecule has 1 fully saturated rings. The first-order valence-corrected chi connectivity index (χ1v) is 6.59. The van der Waals surface area contributed by atoms with Gasteiger partial charge in [0.05, 0.1) is 18.1 Å². The van der Waals surface area contributed by atoms with E-state index in [2.05, 4.69) is 15.5 Å². The molecule has 1 aliphatic rings. The summed E-state index contributed by atoms with van der Waals surface area (Å²) in [6.45, 7) is 0. The summed E-state index contributed by atoms with van der Waals surface area (Å²) in [4.78, 5) is 23.0. The molecule has 1 amide bonds. The molecule has 0 saturated heterocycles. The minimum Gasteiger partial charge on any atom is -0.481 e. The number of carboxylic acid groups (broad SMARTS) is 1. The maximum absolute atomic E-state index is 12.2. The molecule has 3 N–H and O–H groups in total. The lowest BCUT2D eigenvalue weighted by Crippen LogP contribution is -2.38. The monoisotopic (exact) mass is 273 g/mol. The summed E-state index contributed by atoms with van der Waals surface area (Å²) in [5.41, 5.74) is 1.30. The molecule has 1 atom stereocenters. The van der Waals surface area contributed by atoms with E-state index in [9.17, 15) is 9.59 Å². The summed E-state index contributed by atoms with van der Waals surface area (Å²) in [5, 5.41) is 19.4. The molecule has 3 rings (SSSR count). The Morgan fingerprint density at radius 1 is 1.45 bits per heavy atom. The third-order valence-electron chi connectivity index (χ3n) is 3.61. The topological polar surface area (TPSA) is 95.1 Å². The smallest absolute Gasteiger partial charge is 0.305 e. The molecule has 1 saturated carbocycles. The number of nitrogens with zero attached hydrogens (tertiary/aromatic N) is 1. The van der Waals surface area contributed by atoms with Crippen molar-refractivity contribution in [2.24, 2.45) is 5.92 Å². The first-order valence-electron chi connectivity index (χ1n) is 6.59. The molecule has 6 heteroatoms. The Balaban J connectivity index is 1.75. The summed E-state index contributed by atoms with van der Waals surface area (Å²) < 4.78 is 0. The van der Waals surface area contributed by atoms with Gasteiger partial charge >= 0.3 is 5.97 Å². The fraction of sp³-hybridized carbons (Fsp3) is 0.357. The normalized spacial score (nSPS) is 16.0.